The first-order valence-corrected chi connectivity index (χ1v) is 10.8. The Labute approximate surface area is 159 Å². The Hall–Kier alpha value is -1.63. The van der Waals surface area contributed by atoms with Crippen molar-refractivity contribution in [3.63, 3.8) is 0 Å². The third-order valence-corrected chi connectivity index (χ3v) is 6.02. The minimum atomic E-state index is 0.265. The number of nitrogens with zero attached hydrogens (tertiary/aromatic N) is 5. The van der Waals surface area contributed by atoms with E-state index in [2.05, 4.69) is 26.9 Å². The highest BCUT2D eigenvalue weighted by atomic mass is 32.2. The van der Waals surface area contributed by atoms with E-state index in [4.69, 9.17) is 0 Å². The van der Waals surface area contributed by atoms with Crippen molar-refractivity contribution in [2.45, 2.75) is 76.9 Å². The molecule has 0 saturated heterocycles. The van der Waals surface area contributed by atoms with Crippen LogP contribution in [0.3, 0.4) is 0 Å². The van der Waals surface area contributed by atoms with Crippen LogP contribution < -0.4 is 0 Å². The van der Waals surface area contributed by atoms with Crippen molar-refractivity contribution in [1.82, 2.24) is 24.5 Å². The molecule has 1 aliphatic carbocycles. The SMILES string of the molecule is CCN(C(=O)CCc1c(C)nc2nc(SC)nn2c1C)C1CCCCC1. The molecule has 26 heavy (non-hydrogen) atoms. The van der Waals surface area contributed by atoms with Crippen molar-refractivity contribution in [3.05, 3.63) is 17.0 Å². The minimum Gasteiger partial charge on any atom is -0.340 e. The topological polar surface area (TPSA) is 63.4 Å². The standard InChI is InChI=1S/C19H29N5OS/c1-5-23(15-9-7-6-8-10-15)17(25)12-11-16-13(2)20-18-21-19(26-4)22-24(18)14(16)3/h15H,5-12H2,1-4H3. The van der Waals surface area contributed by atoms with Gasteiger partial charge in [-0.1, -0.05) is 31.0 Å². The molecule has 1 saturated carbocycles. The second-order valence-electron chi connectivity index (χ2n) is 7.04. The molecule has 0 radical (unpaired) electrons. The molecule has 142 valence electrons. The molecule has 0 bridgehead atoms. The van der Waals surface area contributed by atoms with Gasteiger partial charge in [0.1, 0.15) is 0 Å². The lowest BCUT2D eigenvalue weighted by molar-refractivity contribution is -0.133. The largest absolute Gasteiger partial charge is 0.340 e. The van der Waals surface area contributed by atoms with Gasteiger partial charge < -0.3 is 4.90 Å². The van der Waals surface area contributed by atoms with Crippen molar-refractivity contribution < 1.29 is 4.79 Å². The number of fused-ring (bicyclic) bond motifs is 1. The number of amides is 1. The number of hydrogen-bond acceptors (Lipinski definition) is 5. The Morgan fingerprint density at radius 3 is 2.62 bits per heavy atom. The third kappa shape index (κ3) is 3.87. The van der Waals surface area contributed by atoms with Crippen molar-refractivity contribution in [3.8, 4) is 0 Å². The molecule has 3 rings (SSSR count). The number of aromatic nitrogens is 4. The van der Waals surface area contributed by atoms with Crippen LogP contribution >= 0.6 is 11.8 Å². The van der Waals surface area contributed by atoms with Gasteiger partial charge in [0.25, 0.3) is 5.78 Å². The molecule has 1 fully saturated rings. The van der Waals surface area contributed by atoms with Gasteiger partial charge in [0.15, 0.2) is 0 Å². The molecule has 2 aromatic heterocycles. The summed E-state index contributed by atoms with van der Waals surface area (Å²) >= 11 is 1.51. The number of rotatable bonds is 6. The van der Waals surface area contributed by atoms with Crippen molar-refractivity contribution in [2.24, 2.45) is 0 Å². The predicted octanol–water partition coefficient (Wildman–Crippen LogP) is 3.58. The summed E-state index contributed by atoms with van der Waals surface area (Å²) in [5.74, 6) is 0.901. The highest BCUT2D eigenvalue weighted by Crippen LogP contribution is 2.24. The zero-order valence-corrected chi connectivity index (χ0v) is 17.1. The van der Waals surface area contributed by atoms with Gasteiger partial charge in [-0.3, -0.25) is 4.79 Å². The second-order valence-corrected chi connectivity index (χ2v) is 7.82. The Kier molecular flexibility index (Phi) is 6.16. The zero-order valence-electron chi connectivity index (χ0n) is 16.3. The molecular formula is C19H29N5OS. The van der Waals surface area contributed by atoms with Crippen LogP contribution in [-0.2, 0) is 11.2 Å². The lowest BCUT2D eigenvalue weighted by atomic mass is 9.93. The zero-order chi connectivity index (χ0) is 18.7. The molecule has 0 aliphatic heterocycles. The molecule has 0 unspecified atom stereocenters. The number of hydrogen-bond donors (Lipinski definition) is 0. The van der Waals surface area contributed by atoms with Gasteiger partial charge in [-0.15, -0.1) is 5.10 Å². The summed E-state index contributed by atoms with van der Waals surface area (Å²) in [5.41, 5.74) is 3.10. The van der Waals surface area contributed by atoms with Gasteiger partial charge in [0, 0.05) is 30.4 Å². The summed E-state index contributed by atoms with van der Waals surface area (Å²) in [6.07, 6.45) is 9.31. The fourth-order valence-electron chi connectivity index (χ4n) is 4.04. The Morgan fingerprint density at radius 1 is 1.23 bits per heavy atom. The average Bonchev–Trinajstić information content (AvgIpc) is 3.06. The molecule has 6 nitrogen and oxygen atoms in total. The first-order chi connectivity index (χ1) is 12.5. The molecule has 1 amide bonds. The highest BCUT2D eigenvalue weighted by Gasteiger charge is 2.24. The van der Waals surface area contributed by atoms with E-state index in [1.165, 1.54) is 31.0 Å². The molecule has 0 spiro atoms. The number of thioether (sulfide) groups is 1. The summed E-state index contributed by atoms with van der Waals surface area (Å²) < 4.78 is 1.80. The van der Waals surface area contributed by atoms with E-state index in [1.54, 1.807) is 4.52 Å². The van der Waals surface area contributed by atoms with Gasteiger partial charge in [-0.05, 0) is 51.9 Å². The van der Waals surface area contributed by atoms with Crippen LogP contribution in [0.1, 0.15) is 62.4 Å². The monoisotopic (exact) mass is 375 g/mol. The molecule has 7 heteroatoms. The van der Waals surface area contributed by atoms with Crippen molar-refractivity contribution >= 4 is 23.4 Å². The Bertz CT molecular complexity index is 782. The maximum atomic E-state index is 12.9. The van der Waals surface area contributed by atoms with Crippen LogP contribution in [-0.4, -0.2) is 49.2 Å². The summed E-state index contributed by atoms with van der Waals surface area (Å²) in [6, 6.07) is 0.434. The van der Waals surface area contributed by atoms with E-state index in [-0.39, 0.29) is 5.91 Å². The van der Waals surface area contributed by atoms with Gasteiger partial charge in [-0.2, -0.15) is 4.98 Å². The van der Waals surface area contributed by atoms with E-state index in [1.807, 2.05) is 20.1 Å². The quantitative estimate of drug-likeness (QED) is 0.722. The molecule has 2 aromatic rings. The molecule has 0 N–H and O–H groups in total. The number of carbonyl (C=O) groups excluding carboxylic acids is 1. The van der Waals surface area contributed by atoms with Crippen LogP contribution in [0, 0.1) is 13.8 Å². The van der Waals surface area contributed by atoms with Crippen molar-refractivity contribution in [1.29, 1.82) is 0 Å². The van der Waals surface area contributed by atoms with Crippen LogP contribution in [0.4, 0.5) is 0 Å². The van der Waals surface area contributed by atoms with Crippen LogP contribution in [0.25, 0.3) is 5.78 Å². The van der Waals surface area contributed by atoms with E-state index >= 15 is 0 Å². The van der Waals surface area contributed by atoms with Gasteiger partial charge in [-0.25, -0.2) is 9.50 Å². The summed E-state index contributed by atoms with van der Waals surface area (Å²) in [6.45, 7) is 6.94. The predicted molar refractivity (Wildman–Crippen MR) is 105 cm³/mol. The van der Waals surface area contributed by atoms with Gasteiger partial charge in [0.05, 0.1) is 0 Å². The molecule has 1 aliphatic rings. The van der Waals surface area contributed by atoms with Crippen LogP contribution in [0.2, 0.25) is 0 Å². The smallest absolute Gasteiger partial charge is 0.253 e. The Morgan fingerprint density at radius 2 is 1.96 bits per heavy atom. The maximum absolute atomic E-state index is 12.9. The molecular weight excluding hydrogens is 346 g/mol. The van der Waals surface area contributed by atoms with Gasteiger partial charge >= 0.3 is 0 Å². The normalized spacial score (nSPS) is 15.5. The van der Waals surface area contributed by atoms with Crippen LogP contribution in [0.5, 0.6) is 0 Å². The first kappa shape index (κ1) is 19.1. The summed E-state index contributed by atoms with van der Waals surface area (Å²) in [7, 11) is 0. The third-order valence-electron chi connectivity index (χ3n) is 5.48. The Balaban J connectivity index is 1.74. The maximum Gasteiger partial charge on any atom is 0.253 e. The van der Waals surface area contributed by atoms with Gasteiger partial charge in [0.2, 0.25) is 11.1 Å². The fraction of sp³-hybridized carbons (Fsp3) is 0.684. The minimum absolute atomic E-state index is 0.265. The van der Waals surface area contributed by atoms with E-state index in [0.717, 1.165) is 41.5 Å². The summed E-state index contributed by atoms with van der Waals surface area (Å²) in [4.78, 5) is 24.0. The van der Waals surface area contributed by atoms with E-state index < -0.39 is 0 Å². The molecule has 2 heterocycles. The average molecular weight is 376 g/mol. The van der Waals surface area contributed by atoms with Crippen molar-refractivity contribution in [2.75, 3.05) is 12.8 Å². The lowest BCUT2D eigenvalue weighted by Crippen LogP contribution is -2.41. The number of carbonyl (C=O) groups is 1. The lowest BCUT2D eigenvalue weighted by Gasteiger charge is -2.33. The highest BCUT2D eigenvalue weighted by molar-refractivity contribution is 7.98. The fourth-order valence-corrected chi connectivity index (χ4v) is 4.38. The number of aryl methyl sites for hydroxylation is 2. The molecule has 0 atom stereocenters. The van der Waals surface area contributed by atoms with E-state index in [0.29, 0.717) is 24.7 Å². The van der Waals surface area contributed by atoms with Crippen LogP contribution in [0.15, 0.2) is 5.16 Å². The molecule has 0 aromatic carbocycles. The van der Waals surface area contributed by atoms with E-state index in [9.17, 15) is 4.79 Å². The second kappa shape index (κ2) is 8.37. The first-order valence-electron chi connectivity index (χ1n) is 9.61. The summed E-state index contributed by atoms with van der Waals surface area (Å²) in [5, 5.41) is 5.22.